The van der Waals surface area contributed by atoms with Crippen LogP contribution in [0.15, 0.2) is 91.0 Å². The number of hydrogen-bond donors (Lipinski definition) is 1. The standard InChI is InChI=1S/C28H29N3O/c1-3-14-24(21-15-8-5-9-16-21)29-28(32)26-25(4-2)31(23-19-12-7-13-20-23)30-27(26)22-17-10-6-11-18-22/h5-13,15-20,24H,3-4,14H2,1-2H3,(H,29,32). The van der Waals surface area contributed by atoms with E-state index in [1.54, 1.807) is 0 Å². The summed E-state index contributed by atoms with van der Waals surface area (Å²) in [6.45, 7) is 4.21. The van der Waals surface area contributed by atoms with Crippen LogP contribution >= 0.6 is 0 Å². The zero-order valence-electron chi connectivity index (χ0n) is 18.7. The maximum absolute atomic E-state index is 13.8. The first-order valence-corrected chi connectivity index (χ1v) is 11.3. The first-order chi connectivity index (χ1) is 15.7. The molecule has 1 N–H and O–H groups in total. The van der Waals surface area contributed by atoms with Crippen LogP contribution in [0.1, 0.15) is 54.3 Å². The van der Waals surface area contributed by atoms with Crippen molar-refractivity contribution in [2.75, 3.05) is 0 Å². The van der Waals surface area contributed by atoms with Crippen molar-refractivity contribution in [3.05, 3.63) is 108 Å². The summed E-state index contributed by atoms with van der Waals surface area (Å²) in [7, 11) is 0. The van der Waals surface area contributed by atoms with Crippen LogP contribution in [0.3, 0.4) is 0 Å². The maximum Gasteiger partial charge on any atom is 0.255 e. The molecule has 0 aliphatic rings. The van der Waals surface area contributed by atoms with E-state index >= 15 is 0 Å². The summed E-state index contributed by atoms with van der Waals surface area (Å²) in [5.41, 5.74) is 5.29. The summed E-state index contributed by atoms with van der Waals surface area (Å²) in [5.74, 6) is -0.0785. The summed E-state index contributed by atoms with van der Waals surface area (Å²) in [4.78, 5) is 13.8. The third-order valence-electron chi connectivity index (χ3n) is 5.68. The Morgan fingerprint density at radius 1 is 0.875 bits per heavy atom. The number of aromatic nitrogens is 2. The maximum atomic E-state index is 13.8. The van der Waals surface area contributed by atoms with Gasteiger partial charge in [0.2, 0.25) is 0 Å². The van der Waals surface area contributed by atoms with Crippen LogP contribution in [0.5, 0.6) is 0 Å². The molecule has 0 saturated heterocycles. The second-order valence-electron chi connectivity index (χ2n) is 7.86. The lowest BCUT2D eigenvalue weighted by Crippen LogP contribution is -2.29. The van der Waals surface area contributed by atoms with Crippen LogP contribution < -0.4 is 5.32 Å². The van der Waals surface area contributed by atoms with Crippen molar-refractivity contribution >= 4 is 5.91 Å². The summed E-state index contributed by atoms with van der Waals surface area (Å²) in [5, 5.41) is 8.23. The molecule has 3 aromatic carbocycles. The molecule has 1 unspecified atom stereocenters. The molecule has 162 valence electrons. The fraction of sp³-hybridized carbons (Fsp3) is 0.214. The Morgan fingerprint density at radius 2 is 1.47 bits per heavy atom. The lowest BCUT2D eigenvalue weighted by atomic mass is 10.00. The smallest absolute Gasteiger partial charge is 0.255 e. The molecule has 4 heteroatoms. The molecule has 0 bridgehead atoms. The number of hydrogen-bond acceptors (Lipinski definition) is 2. The SMILES string of the molecule is CCCC(NC(=O)c1c(-c2ccccc2)nn(-c2ccccc2)c1CC)c1ccccc1. The fourth-order valence-electron chi connectivity index (χ4n) is 4.13. The van der Waals surface area contributed by atoms with E-state index < -0.39 is 0 Å². The lowest BCUT2D eigenvalue weighted by Gasteiger charge is -2.19. The van der Waals surface area contributed by atoms with Gasteiger partial charge in [0.25, 0.3) is 5.91 Å². The first kappa shape index (κ1) is 21.6. The van der Waals surface area contributed by atoms with Gasteiger partial charge in [-0.25, -0.2) is 4.68 Å². The van der Waals surface area contributed by atoms with Gasteiger partial charge in [0, 0.05) is 5.56 Å². The predicted octanol–water partition coefficient (Wildman–Crippen LogP) is 6.37. The van der Waals surface area contributed by atoms with E-state index in [-0.39, 0.29) is 11.9 Å². The Bertz CT molecular complexity index is 1150. The molecule has 0 radical (unpaired) electrons. The number of para-hydroxylation sites is 1. The summed E-state index contributed by atoms with van der Waals surface area (Å²) in [6, 6.07) is 30.1. The Morgan fingerprint density at radius 3 is 2.06 bits per heavy atom. The van der Waals surface area contributed by atoms with Crippen molar-refractivity contribution in [1.82, 2.24) is 15.1 Å². The predicted molar refractivity (Wildman–Crippen MR) is 130 cm³/mol. The number of nitrogens with one attached hydrogen (secondary N) is 1. The third-order valence-corrected chi connectivity index (χ3v) is 5.68. The minimum Gasteiger partial charge on any atom is -0.345 e. The molecule has 4 rings (SSSR count). The van der Waals surface area contributed by atoms with Gasteiger partial charge in [-0.1, -0.05) is 99.1 Å². The molecule has 0 fully saturated rings. The van der Waals surface area contributed by atoms with Gasteiger partial charge in [0.1, 0.15) is 5.69 Å². The Balaban J connectivity index is 1.81. The highest BCUT2D eigenvalue weighted by Gasteiger charge is 2.26. The molecule has 1 amide bonds. The average Bonchev–Trinajstić information content (AvgIpc) is 3.25. The molecule has 4 aromatic rings. The number of rotatable bonds is 8. The normalized spacial score (nSPS) is 11.8. The molecule has 0 aliphatic carbocycles. The van der Waals surface area contributed by atoms with Crippen molar-refractivity contribution in [2.45, 2.75) is 39.2 Å². The van der Waals surface area contributed by atoms with E-state index in [9.17, 15) is 4.79 Å². The Hall–Kier alpha value is -3.66. The molecule has 0 aliphatic heterocycles. The van der Waals surface area contributed by atoms with Gasteiger partial charge >= 0.3 is 0 Å². The molecule has 1 heterocycles. The second kappa shape index (κ2) is 10.1. The molecule has 0 spiro atoms. The molecule has 4 nitrogen and oxygen atoms in total. The third kappa shape index (κ3) is 4.50. The van der Waals surface area contributed by atoms with Crippen LogP contribution in [0.4, 0.5) is 0 Å². The zero-order valence-corrected chi connectivity index (χ0v) is 18.7. The minimum atomic E-state index is -0.0785. The van der Waals surface area contributed by atoms with Crippen molar-refractivity contribution in [3.8, 4) is 16.9 Å². The minimum absolute atomic E-state index is 0.0397. The van der Waals surface area contributed by atoms with Gasteiger partial charge < -0.3 is 5.32 Å². The van der Waals surface area contributed by atoms with E-state index in [2.05, 4.69) is 31.3 Å². The largest absolute Gasteiger partial charge is 0.345 e. The van der Waals surface area contributed by atoms with Crippen molar-refractivity contribution in [2.24, 2.45) is 0 Å². The number of nitrogens with zero attached hydrogens (tertiary/aromatic N) is 2. The lowest BCUT2D eigenvalue weighted by molar-refractivity contribution is 0.0934. The van der Waals surface area contributed by atoms with Crippen LogP contribution in [0.25, 0.3) is 16.9 Å². The monoisotopic (exact) mass is 423 g/mol. The quantitative estimate of drug-likeness (QED) is 0.358. The van der Waals surface area contributed by atoms with E-state index in [0.29, 0.717) is 17.7 Å². The highest BCUT2D eigenvalue weighted by atomic mass is 16.1. The first-order valence-electron chi connectivity index (χ1n) is 11.3. The number of carbonyl (C=O) groups is 1. The topological polar surface area (TPSA) is 46.9 Å². The number of carbonyl (C=O) groups excluding carboxylic acids is 1. The van der Waals surface area contributed by atoms with Crippen molar-refractivity contribution < 1.29 is 4.79 Å². The number of benzene rings is 3. The Kier molecular flexibility index (Phi) is 6.81. The summed E-state index contributed by atoms with van der Waals surface area (Å²) < 4.78 is 1.91. The van der Waals surface area contributed by atoms with Crippen LogP contribution in [0.2, 0.25) is 0 Å². The van der Waals surface area contributed by atoms with Gasteiger partial charge in [0.15, 0.2) is 0 Å². The molecule has 0 saturated carbocycles. The highest BCUT2D eigenvalue weighted by Crippen LogP contribution is 2.29. The van der Waals surface area contributed by atoms with E-state index in [0.717, 1.165) is 35.3 Å². The van der Waals surface area contributed by atoms with E-state index in [1.165, 1.54) is 0 Å². The van der Waals surface area contributed by atoms with Gasteiger partial charge in [-0.2, -0.15) is 5.10 Å². The van der Waals surface area contributed by atoms with Gasteiger partial charge in [-0.15, -0.1) is 0 Å². The highest BCUT2D eigenvalue weighted by molar-refractivity contribution is 6.01. The van der Waals surface area contributed by atoms with E-state index in [4.69, 9.17) is 5.10 Å². The summed E-state index contributed by atoms with van der Waals surface area (Å²) >= 11 is 0. The average molecular weight is 424 g/mol. The van der Waals surface area contributed by atoms with Crippen molar-refractivity contribution in [1.29, 1.82) is 0 Å². The van der Waals surface area contributed by atoms with Crippen LogP contribution in [-0.4, -0.2) is 15.7 Å². The van der Waals surface area contributed by atoms with Crippen LogP contribution in [0, 0.1) is 0 Å². The number of amides is 1. The van der Waals surface area contributed by atoms with Crippen LogP contribution in [-0.2, 0) is 6.42 Å². The van der Waals surface area contributed by atoms with Gasteiger partial charge in [-0.05, 0) is 30.5 Å². The summed E-state index contributed by atoms with van der Waals surface area (Å²) in [6.07, 6.45) is 2.56. The molecule has 32 heavy (non-hydrogen) atoms. The second-order valence-corrected chi connectivity index (χ2v) is 7.86. The van der Waals surface area contributed by atoms with E-state index in [1.807, 2.05) is 83.5 Å². The van der Waals surface area contributed by atoms with Gasteiger partial charge in [0.05, 0.1) is 23.0 Å². The fourth-order valence-corrected chi connectivity index (χ4v) is 4.13. The molecular weight excluding hydrogens is 394 g/mol. The zero-order chi connectivity index (χ0) is 22.3. The molecular formula is C28H29N3O. The Labute approximate surface area is 189 Å². The molecule has 1 atom stereocenters. The van der Waals surface area contributed by atoms with Crippen molar-refractivity contribution in [3.63, 3.8) is 0 Å². The van der Waals surface area contributed by atoms with Gasteiger partial charge in [-0.3, -0.25) is 4.79 Å². The molecule has 1 aromatic heterocycles.